The molecule has 0 unspecified atom stereocenters. The van der Waals surface area contributed by atoms with Crippen LogP contribution in [-0.4, -0.2) is 20.0 Å². The molecule has 26 heavy (non-hydrogen) atoms. The zero-order valence-corrected chi connectivity index (χ0v) is 14.8. The normalized spacial score (nSPS) is 10.7. The molecule has 0 amide bonds. The zero-order chi connectivity index (χ0) is 18.4. The molecule has 0 aliphatic rings. The van der Waals surface area contributed by atoms with E-state index in [2.05, 4.69) is 0 Å². The fourth-order valence-electron chi connectivity index (χ4n) is 2.75. The topological polar surface area (TPSA) is 35.5 Å². The van der Waals surface area contributed by atoms with Gasteiger partial charge < -0.3 is 9.47 Å². The van der Waals surface area contributed by atoms with E-state index in [1.165, 1.54) is 0 Å². The second kappa shape index (κ2) is 8.17. The Kier molecular flexibility index (Phi) is 5.49. The van der Waals surface area contributed by atoms with Gasteiger partial charge in [0, 0.05) is 11.6 Å². The van der Waals surface area contributed by atoms with Gasteiger partial charge in [0.25, 0.3) is 0 Å². The van der Waals surface area contributed by atoms with E-state index in [1.54, 1.807) is 32.4 Å². The molecule has 0 saturated heterocycles. The van der Waals surface area contributed by atoms with Crippen LogP contribution in [0.2, 0.25) is 0 Å². The van der Waals surface area contributed by atoms with Crippen molar-refractivity contribution in [3.63, 3.8) is 0 Å². The summed E-state index contributed by atoms with van der Waals surface area (Å²) >= 11 is 0. The molecular formula is C23H20O3. The van der Waals surface area contributed by atoms with Crippen LogP contribution in [0.4, 0.5) is 0 Å². The van der Waals surface area contributed by atoms with Crippen LogP contribution in [0.15, 0.2) is 72.8 Å². The molecule has 3 aromatic carbocycles. The van der Waals surface area contributed by atoms with E-state index < -0.39 is 0 Å². The summed E-state index contributed by atoms with van der Waals surface area (Å²) in [5, 5.41) is 0. The lowest BCUT2D eigenvalue weighted by atomic mass is 9.96. The van der Waals surface area contributed by atoms with Crippen molar-refractivity contribution in [2.75, 3.05) is 14.2 Å². The summed E-state index contributed by atoms with van der Waals surface area (Å²) in [6.07, 6.45) is 3.88. The molecule has 0 bridgehead atoms. The third-order valence-corrected chi connectivity index (χ3v) is 4.08. The van der Waals surface area contributed by atoms with Crippen LogP contribution in [0, 0.1) is 0 Å². The van der Waals surface area contributed by atoms with Crippen LogP contribution in [0.25, 0.3) is 12.2 Å². The van der Waals surface area contributed by atoms with E-state index in [4.69, 9.17) is 9.47 Å². The highest BCUT2D eigenvalue weighted by molar-refractivity contribution is 6.13. The lowest BCUT2D eigenvalue weighted by molar-refractivity contribution is 0.103. The van der Waals surface area contributed by atoms with Gasteiger partial charge in [-0.2, -0.15) is 0 Å². The molecule has 0 fully saturated rings. The first-order chi connectivity index (χ1) is 12.7. The second-order valence-corrected chi connectivity index (χ2v) is 5.73. The summed E-state index contributed by atoms with van der Waals surface area (Å²) in [6, 6.07) is 22.7. The molecule has 0 heterocycles. The Balaban J connectivity index is 2.12. The minimum absolute atomic E-state index is 0.0854. The first-order valence-electron chi connectivity index (χ1n) is 8.32. The predicted octanol–water partition coefficient (Wildman–Crippen LogP) is 5.11. The Morgan fingerprint density at radius 1 is 0.808 bits per heavy atom. The predicted molar refractivity (Wildman–Crippen MR) is 105 cm³/mol. The molecule has 0 radical (unpaired) electrons. The van der Waals surface area contributed by atoms with Crippen LogP contribution in [0.1, 0.15) is 27.0 Å². The van der Waals surface area contributed by atoms with Gasteiger partial charge in [-0.25, -0.2) is 0 Å². The maximum Gasteiger partial charge on any atom is 0.197 e. The zero-order valence-electron chi connectivity index (χ0n) is 14.8. The average molecular weight is 344 g/mol. The maximum atomic E-state index is 13.1. The van der Waals surface area contributed by atoms with E-state index in [-0.39, 0.29) is 5.78 Å². The van der Waals surface area contributed by atoms with Gasteiger partial charge in [0.15, 0.2) is 5.78 Å². The van der Waals surface area contributed by atoms with Crippen molar-refractivity contribution in [2.45, 2.75) is 0 Å². The standard InChI is InChI=1S/C23H20O3/c1-25-20-15-19(14-13-17-9-5-3-6-10-17)22(21(16-20)26-2)23(24)18-11-7-4-8-12-18/h3-16H,1-2H3/b14-13+. The van der Waals surface area contributed by atoms with E-state index in [9.17, 15) is 4.79 Å². The fourth-order valence-corrected chi connectivity index (χ4v) is 2.75. The van der Waals surface area contributed by atoms with Gasteiger partial charge in [-0.3, -0.25) is 4.79 Å². The monoisotopic (exact) mass is 344 g/mol. The summed E-state index contributed by atoms with van der Waals surface area (Å²) in [5.41, 5.74) is 2.93. The number of hydrogen-bond acceptors (Lipinski definition) is 3. The van der Waals surface area contributed by atoms with Gasteiger partial charge >= 0.3 is 0 Å². The highest BCUT2D eigenvalue weighted by Crippen LogP contribution is 2.32. The number of ether oxygens (including phenoxy) is 2. The smallest absolute Gasteiger partial charge is 0.197 e. The number of methoxy groups -OCH3 is 2. The van der Waals surface area contributed by atoms with Crippen molar-refractivity contribution in [2.24, 2.45) is 0 Å². The Morgan fingerprint density at radius 3 is 2.08 bits per heavy atom. The highest BCUT2D eigenvalue weighted by atomic mass is 16.5. The largest absolute Gasteiger partial charge is 0.497 e. The van der Waals surface area contributed by atoms with Crippen molar-refractivity contribution in [1.29, 1.82) is 0 Å². The number of carbonyl (C=O) groups excluding carboxylic acids is 1. The van der Waals surface area contributed by atoms with Crippen LogP contribution < -0.4 is 9.47 Å². The van der Waals surface area contributed by atoms with E-state index in [1.807, 2.05) is 66.7 Å². The number of carbonyl (C=O) groups is 1. The van der Waals surface area contributed by atoms with E-state index in [0.29, 0.717) is 22.6 Å². The van der Waals surface area contributed by atoms with Crippen LogP contribution in [0.3, 0.4) is 0 Å². The summed E-state index contributed by atoms with van der Waals surface area (Å²) in [4.78, 5) is 13.1. The van der Waals surface area contributed by atoms with Gasteiger partial charge in [-0.1, -0.05) is 72.8 Å². The summed E-state index contributed by atoms with van der Waals surface area (Å²) < 4.78 is 10.9. The van der Waals surface area contributed by atoms with E-state index >= 15 is 0 Å². The Labute approximate surface area is 153 Å². The number of hydrogen-bond donors (Lipinski definition) is 0. The first kappa shape index (κ1) is 17.5. The molecule has 0 aromatic heterocycles. The van der Waals surface area contributed by atoms with Gasteiger partial charge in [0.1, 0.15) is 11.5 Å². The molecule has 0 spiro atoms. The van der Waals surface area contributed by atoms with Gasteiger partial charge in [-0.05, 0) is 17.2 Å². The third-order valence-electron chi connectivity index (χ3n) is 4.08. The van der Waals surface area contributed by atoms with Crippen molar-refractivity contribution in [3.05, 3.63) is 95.1 Å². The minimum Gasteiger partial charge on any atom is -0.497 e. The summed E-state index contributed by atoms with van der Waals surface area (Å²) in [7, 11) is 3.15. The Morgan fingerprint density at radius 2 is 1.46 bits per heavy atom. The molecule has 3 rings (SSSR count). The molecule has 0 saturated carbocycles. The average Bonchev–Trinajstić information content (AvgIpc) is 2.72. The number of ketones is 1. The molecule has 0 N–H and O–H groups in total. The molecular weight excluding hydrogens is 324 g/mol. The van der Waals surface area contributed by atoms with E-state index in [0.717, 1.165) is 11.1 Å². The van der Waals surface area contributed by atoms with Crippen LogP contribution >= 0.6 is 0 Å². The lowest BCUT2D eigenvalue weighted by Crippen LogP contribution is -2.07. The van der Waals surface area contributed by atoms with Crippen molar-refractivity contribution >= 4 is 17.9 Å². The summed E-state index contributed by atoms with van der Waals surface area (Å²) in [5.74, 6) is 1.04. The fraction of sp³-hybridized carbons (Fsp3) is 0.0870. The van der Waals surface area contributed by atoms with Crippen LogP contribution in [0.5, 0.6) is 11.5 Å². The quantitative estimate of drug-likeness (QED) is 0.461. The van der Waals surface area contributed by atoms with Crippen molar-refractivity contribution in [1.82, 2.24) is 0 Å². The Bertz CT molecular complexity index is 913. The number of benzene rings is 3. The van der Waals surface area contributed by atoms with Crippen molar-refractivity contribution in [3.8, 4) is 11.5 Å². The highest BCUT2D eigenvalue weighted by Gasteiger charge is 2.19. The molecule has 0 aliphatic carbocycles. The minimum atomic E-state index is -0.0854. The SMILES string of the molecule is COc1cc(/C=C/c2ccccc2)c(C(=O)c2ccccc2)c(OC)c1. The van der Waals surface area contributed by atoms with Gasteiger partial charge in [-0.15, -0.1) is 0 Å². The molecule has 3 aromatic rings. The number of rotatable bonds is 6. The summed E-state index contributed by atoms with van der Waals surface area (Å²) in [6.45, 7) is 0. The van der Waals surface area contributed by atoms with Crippen LogP contribution in [-0.2, 0) is 0 Å². The molecule has 3 heteroatoms. The van der Waals surface area contributed by atoms with Crippen molar-refractivity contribution < 1.29 is 14.3 Å². The van der Waals surface area contributed by atoms with Gasteiger partial charge in [0.2, 0.25) is 0 Å². The first-order valence-corrected chi connectivity index (χ1v) is 8.32. The molecule has 3 nitrogen and oxygen atoms in total. The molecule has 0 aliphatic heterocycles. The maximum absolute atomic E-state index is 13.1. The van der Waals surface area contributed by atoms with Gasteiger partial charge in [0.05, 0.1) is 19.8 Å². The second-order valence-electron chi connectivity index (χ2n) is 5.73. The Hall–Kier alpha value is -3.33. The molecule has 0 atom stereocenters. The molecule has 130 valence electrons. The lowest BCUT2D eigenvalue weighted by Gasteiger charge is -2.13. The third kappa shape index (κ3) is 3.83.